The van der Waals surface area contributed by atoms with Crippen molar-refractivity contribution in [2.24, 2.45) is 7.05 Å². The van der Waals surface area contributed by atoms with Gasteiger partial charge < -0.3 is 9.55 Å². The highest BCUT2D eigenvalue weighted by Crippen LogP contribution is 2.32. The predicted octanol–water partition coefficient (Wildman–Crippen LogP) is 3.25. The molecule has 5 nitrogen and oxygen atoms in total. The first-order chi connectivity index (χ1) is 11.1. The summed E-state index contributed by atoms with van der Waals surface area (Å²) < 4.78 is 2.09. The first-order valence-electron chi connectivity index (χ1n) is 8.30. The molecule has 0 saturated carbocycles. The predicted molar refractivity (Wildman–Crippen MR) is 91.2 cm³/mol. The normalized spacial score (nSPS) is 19.0. The van der Waals surface area contributed by atoms with E-state index in [1.54, 1.807) is 0 Å². The molecule has 1 N–H and O–H groups in total. The molecule has 1 fully saturated rings. The summed E-state index contributed by atoms with van der Waals surface area (Å²) in [7, 11) is 2.05. The Morgan fingerprint density at radius 1 is 1.26 bits per heavy atom. The summed E-state index contributed by atoms with van der Waals surface area (Å²) in [5.74, 6) is 2.16. The third-order valence-corrected chi connectivity index (χ3v) is 4.94. The lowest BCUT2D eigenvalue weighted by Crippen LogP contribution is -2.23. The summed E-state index contributed by atoms with van der Waals surface area (Å²) in [6.45, 7) is 6.17. The van der Waals surface area contributed by atoms with E-state index in [-0.39, 0.29) is 0 Å². The molecule has 1 aliphatic rings. The summed E-state index contributed by atoms with van der Waals surface area (Å²) >= 11 is 0. The van der Waals surface area contributed by atoms with E-state index in [9.17, 15) is 0 Å². The number of aryl methyl sites for hydroxylation is 3. The minimum absolute atomic E-state index is 0.365. The Bertz CT molecular complexity index is 825. The quantitative estimate of drug-likeness (QED) is 0.808. The second-order valence-electron chi connectivity index (χ2n) is 6.61. The highest BCUT2D eigenvalue weighted by molar-refractivity contribution is 5.78. The first kappa shape index (κ1) is 14.5. The fourth-order valence-electron chi connectivity index (χ4n) is 3.59. The average molecular weight is 309 g/mol. The number of para-hydroxylation sites is 1. The summed E-state index contributed by atoms with van der Waals surface area (Å²) in [5.41, 5.74) is 4.61. The molecule has 1 aliphatic heterocycles. The molecule has 1 unspecified atom stereocenters. The lowest BCUT2D eigenvalue weighted by Gasteiger charge is -2.21. The van der Waals surface area contributed by atoms with Gasteiger partial charge in [-0.05, 0) is 44.9 Å². The van der Waals surface area contributed by atoms with E-state index < -0.39 is 0 Å². The number of nitrogens with zero attached hydrogens (tertiary/aromatic N) is 4. The van der Waals surface area contributed by atoms with Crippen LogP contribution < -0.4 is 0 Å². The van der Waals surface area contributed by atoms with Gasteiger partial charge in [-0.15, -0.1) is 0 Å². The van der Waals surface area contributed by atoms with E-state index in [4.69, 9.17) is 4.98 Å². The van der Waals surface area contributed by atoms with Crippen LogP contribution in [0.4, 0.5) is 0 Å². The highest BCUT2D eigenvalue weighted by atomic mass is 15.2. The molecule has 0 amide bonds. The zero-order valence-corrected chi connectivity index (χ0v) is 14.0. The maximum Gasteiger partial charge on any atom is 0.124 e. The van der Waals surface area contributed by atoms with Crippen LogP contribution in [-0.2, 0) is 13.6 Å². The van der Waals surface area contributed by atoms with Crippen LogP contribution in [0.5, 0.6) is 0 Å². The molecule has 0 aliphatic carbocycles. The number of hydrogen-bond acceptors (Lipinski definition) is 3. The van der Waals surface area contributed by atoms with E-state index in [0.29, 0.717) is 6.04 Å². The third kappa shape index (κ3) is 2.55. The maximum atomic E-state index is 4.89. The van der Waals surface area contributed by atoms with E-state index in [1.807, 2.05) is 6.92 Å². The molecule has 1 saturated heterocycles. The topological polar surface area (TPSA) is 49.7 Å². The standard InChI is InChI=1S/C18H23N5/c1-12-6-4-7-15-17(12)21-18(20-15)16-8-5-9-23(16)11-14-10-22(3)13(2)19-14/h4,6-7,10,16H,5,8-9,11H2,1-3H3,(H,20,21). The van der Waals surface area contributed by atoms with Crippen LogP contribution in [-0.4, -0.2) is 31.0 Å². The highest BCUT2D eigenvalue weighted by Gasteiger charge is 2.29. The van der Waals surface area contributed by atoms with Gasteiger partial charge in [0.15, 0.2) is 0 Å². The lowest BCUT2D eigenvalue weighted by atomic mass is 10.2. The SMILES string of the molecule is Cc1cccc2[nH]c(C3CCCN3Cc3cn(C)c(C)n3)nc12. The molecular formula is C18H23N5. The minimum atomic E-state index is 0.365. The number of H-pyrrole nitrogens is 1. The summed E-state index contributed by atoms with van der Waals surface area (Å²) in [4.78, 5) is 15.6. The van der Waals surface area contributed by atoms with Crippen LogP contribution >= 0.6 is 0 Å². The van der Waals surface area contributed by atoms with Gasteiger partial charge in [0.1, 0.15) is 11.6 Å². The summed E-state index contributed by atoms with van der Waals surface area (Å²) in [5, 5.41) is 0. The molecule has 0 bridgehead atoms. The Morgan fingerprint density at radius 3 is 2.87 bits per heavy atom. The Kier molecular flexibility index (Phi) is 3.45. The van der Waals surface area contributed by atoms with Crippen molar-refractivity contribution in [2.45, 2.75) is 39.3 Å². The molecule has 2 aromatic heterocycles. The number of likely N-dealkylation sites (tertiary alicyclic amines) is 1. The van der Waals surface area contributed by atoms with Crippen LogP contribution in [0, 0.1) is 13.8 Å². The Labute approximate surface area is 136 Å². The van der Waals surface area contributed by atoms with Crippen molar-refractivity contribution < 1.29 is 0 Å². The molecule has 1 atom stereocenters. The molecule has 5 heteroatoms. The van der Waals surface area contributed by atoms with Crippen LogP contribution in [0.15, 0.2) is 24.4 Å². The van der Waals surface area contributed by atoms with Crippen molar-refractivity contribution in [2.75, 3.05) is 6.54 Å². The smallest absolute Gasteiger partial charge is 0.124 e. The van der Waals surface area contributed by atoms with Gasteiger partial charge in [0, 0.05) is 19.8 Å². The second-order valence-corrected chi connectivity index (χ2v) is 6.61. The number of aromatic nitrogens is 4. The van der Waals surface area contributed by atoms with E-state index in [0.717, 1.165) is 47.9 Å². The maximum absolute atomic E-state index is 4.89. The zero-order chi connectivity index (χ0) is 16.0. The van der Waals surface area contributed by atoms with Gasteiger partial charge in [-0.1, -0.05) is 12.1 Å². The molecule has 1 aromatic carbocycles. The van der Waals surface area contributed by atoms with Crippen molar-refractivity contribution in [3.8, 4) is 0 Å². The van der Waals surface area contributed by atoms with Gasteiger partial charge in [0.25, 0.3) is 0 Å². The van der Waals surface area contributed by atoms with Crippen LogP contribution in [0.2, 0.25) is 0 Å². The monoisotopic (exact) mass is 309 g/mol. The van der Waals surface area contributed by atoms with Crippen LogP contribution in [0.3, 0.4) is 0 Å². The van der Waals surface area contributed by atoms with Crippen LogP contribution in [0.1, 0.15) is 41.8 Å². The fraction of sp³-hybridized carbons (Fsp3) is 0.444. The molecule has 0 radical (unpaired) electrons. The Balaban J connectivity index is 1.62. The van der Waals surface area contributed by atoms with Crippen molar-refractivity contribution in [3.63, 3.8) is 0 Å². The number of rotatable bonds is 3. The average Bonchev–Trinajstić information content (AvgIpc) is 3.19. The van der Waals surface area contributed by atoms with Gasteiger partial charge >= 0.3 is 0 Å². The number of imidazole rings is 2. The van der Waals surface area contributed by atoms with E-state index >= 15 is 0 Å². The Morgan fingerprint density at radius 2 is 2.13 bits per heavy atom. The third-order valence-electron chi connectivity index (χ3n) is 4.94. The molecule has 23 heavy (non-hydrogen) atoms. The molecular weight excluding hydrogens is 286 g/mol. The van der Waals surface area contributed by atoms with Crippen molar-refractivity contribution in [1.82, 2.24) is 24.4 Å². The van der Waals surface area contributed by atoms with Gasteiger partial charge in [0.05, 0.1) is 22.8 Å². The first-order valence-corrected chi connectivity index (χ1v) is 8.30. The van der Waals surface area contributed by atoms with Gasteiger partial charge in [0.2, 0.25) is 0 Å². The molecule has 3 aromatic rings. The van der Waals surface area contributed by atoms with E-state index in [2.05, 4.69) is 57.8 Å². The molecule has 3 heterocycles. The number of fused-ring (bicyclic) bond motifs is 1. The number of hydrogen-bond donors (Lipinski definition) is 1. The summed E-state index contributed by atoms with van der Waals surface area (Å²) in [6.07, 6.45) is 4.50. The van der Waals surface area contributed by atoms with Gasteiger partial charge in [-0.3, -0.25) is 4.90 Å². The molecule has 0 spiro atoms. The molecule has 120 valence electrons. The lowest BCUT2D eigenvalue weighted by molar-refractivity contribution is 0.238. The van der Waals surface area contributed by atoms with Crippen molar-refractivity contribution in [3.05, 3.63) is 47.3 Å². The number of benzene rings is 1. The minimum Gasteiger partial charge on any atom is -0.341 e. The van der Waals surface area contributed by atoms with Crippen molar-refractivity contribution >= 4 is 11.0 Å². The van der Waals surface area contributed by atoms with Gasteiger partial charge in [-0.25, -0.2) is 9.97 Å². The molecule has 4 rings (SSSR count). The Hall–Kier alpha value is -2.14. The second kappa shape index (κ2) is 5.49. The van der Waals surface area contributed by atoms with Crippen molar-refractivity contribution in [1.29, 1.82) is 0 Å². The van der Waals surface area contributed by atoms with Gasteiger partial charge in [-0.2, -0.15) is 0 Å². The largest absolute Gasteiger partial charge is 0.341 e. The fourth-order valence-corrected chi connectivity index (χ4v) is 3.59. The van der Waals surface area contributed by atoms with Crippen LogP contribution in [0.25, 0.3) is 11.0 Å². The van der Waals surface area contributed by atoms with E-state index in [1.165, 1.54) is 12.0 Å². The number of aromatic amines is 1. The number of nitrogens with one attached hydrogen (secondary N) is 1. The zero-order valence-electron chi connectivity index (χ0n) is 14.0. The summed E-state index contributed by atoms with van der Waals surface area (Å²) in [6, 6.07) is 6.68.